The lowest BCUT2D eigenvalue weighted by Gasteiger charge is -2.41. The van der Waals surface area contributed by atoms with Crippen molar-refractivity contribution in [2.45, 2.75) is 19.1 Å². The number of carboxylic acids is 1. The Morgan fingerprint density at radius 3 is 2.48 bits per heavy atom. The summed E-state index contributed by atoms with van der Waals surface area (Å²) >= 11 is 6.35. The largest absolute Gasteiger partial charge is 0.489 e. The van der Waals surface area contributed by atoms with Crippen molar-refractivity contribution in [3.05, 3.63) is 88.4 Å². The number of carboxylic acid groups (broad SMARTS) is 1. The molecule has 1 heterocycles. The fourth-order valence-electron chi connectivity index (χ4n) is 3.53. The topological polar surface area (TPSA) is 65.0 Å². The Morgan fingerprint density at radius 1 is 1.10 bits per heavy atom. The maximum Gasteiger partial charge on any atom is 0.329 e. The molecule has 0 aliphatic carbocycles. The van der Waals surface area contributed by atoms with Gasteiger partial charge in [-0.3, -0.25) is 0 Å². The molecule has 4 rings (SSSR count). The van der Waals surface area contributed by atoms with Gasteiger partial charge < -0.3 is 19.3 Å². The molecule has 160 valence electrons. The molecule has 0 atom stereocenters. The molecule has 0 aromatic heterocycles. The number of ether oxygens (including phenoxy) is 3. The Labute approximate surface area is 186 Å². The zero-order chi connectivity index (χ0) is 21.8. The molecule has 5 nitrogen and oxygen atoms in total. The maximum absolute atomic E-state index is 10.9. The van der Waals surface area contributed by atoms with Crippen molar-refractivity contribution in [3.8, 4) is 16.9 Å². The van der Waals surface area contributed by atoms with Gasteiger partial charge in [-0.1, -0.05) is 54.1 Å². The average molecular weight is 439 g/mol. The second-order valence-electron chi connectivity index (χ2n) is 7.60. The van der Waals surface area contributed by atoms with Crippen LogP contribution in [0.3, 0.4) is 0 Å². The minimum atomic E-state index is -0.999. The number of aliphatic carboxylic acids is 1. The summed E-state index contributed by atoms with van der Waals surface area (Å²) in [4.78, 5) is 10.9. The van der Waals surface area contributed by atoms with E-state index in [-0.39, 0.29) is 6.61 Å². The molecule has 0 spiro atoms. The van der Waals surface area contributed by atoms with Gasteiger partial charge in [0.2, 0.25) is 0 Å². The van der Waals surface area contributed by atoms with Gasteiger partial charge in [-0.2, -0.15) is 0 Å². The van der Waals surface area contributed by atoms with Gasteiger partial charge in [0.25, 0.3) is 0 Å². The molecule has 1 aliphatic heterocycles. The van der Waals surface area contributed by atoms with Gasteiger partial charge in [0.15, 0.2) is 0 Å². The van der Waals surface area contributed by atoms with E-state index in [1.165, 1.54) is 0 Å². The molecule has 0 unspecified atom stereocenters. The molecule has 0 amide bonds. The fraction of sp³-hybridized carbons (Fsp3) is 0.240. The third-order valence-corrected chi connectivity index (χ3v) is 5.78. The van der Waals surface area contributed by atoms with Gasteiger partial charge in [-0.15, -0.1) is 0 Å². The van der Waals surface area contributed by atoms with Gasteiger partial charge >= 0.3 is 5.97 Å². The van der Waals surface area contributed by atoms with Gasteiger partial charge in [0.05, 0.1) is 13.2 Å². The van der Waals surface area contributed by atoms with Crippen molar-refractivity contribution in [1.29, 1.82) is 0 Å². The molecule has 0 bridgehead atoms. The van der Waals surface area contributed by atoms with E-state index in [0.717, 1.165) is 33.6 Å². The van der Waals surface area contributed by atoms with Crippen LogP contribution in [-0.2, 0) is 26.5 Å². The predicted molar refractivity (Wildman–Crippen MR) is 118 cm³/mol. The summed E-state index contributed by atoms with van der Waals surface area (Å²) in [7, 11) is 0. The zero-order valence-corrected chi connectivity index (χ0v) is 17.9. The second-order valence-corrected chi connectivity index (χ2v) is 8.01. The smallest absolute Gasteiger partial charge is 0.329 e. The third-order valence-electron chi connectivity index (χ3n) is 5.45. The van der Waals surface area contributed by atoms with Crippen LogP contribution in [0.15, 0.2) is 66.7 Å². The van der Waals surface area contributed by atoms with Crippen LogP contribution in [0.25, 0.3) is 11.1 Å². The summed E-state index contributed by atoms with van der Waals surface area (Å²) < 4.78 is 16.9. The van der Waals surface area contributed by atoms with Crippen LogP contribution in [0.5, 0.6) is 5.75 Å². The number of hydrogen-bond acceptors (Lipinski definition) is 4. The molecular formula is C25H23ClO5. The van der Waals surface area contributed by atoms with E-state index in [1.54, 1.807) is 0 Å². The Hall–Kier alpha value is -2.86. The summed E-state index contributed by atoms with van der Waals surface area (Å²) in [6.45, 7) is 2.80. The first-order valence-corrected chi connectivity index (χ1v) is 10.4. The van der Waals surface area contributed by atoms with Crippen molar-refractivity contribution in [1.82, 2.24) is 0 Å². The minimum Gasteiger partial charge on any atom is -0.489 e. The van der Waals surface area contributed by atoms with E-state index >= 15 is 0 Å². The van der Waals surface area contributed by atoms with Gasteiger partial charge in [-0.25, -0.2) is 4.79 Å². The molecule has 6 heteroatoms. The standard InChI is InChI=1S/C25H23ClO5/c1-17-6-7-18(22-4-2-3-5-23(22)26)12-19(17)13-30-21-10-8-20(9-11-21)25(15-29-16-25)31-14-24(27)28/h2-12H,13-16H2,1H3,(H,27,28). The van der Waals surface area contributed by atoms with E-state index in [2.05, 4.69) is 25.1 Å². The van der Waals surface area contributed by atoms with Crippen LogP contribution in [0.2, 0.25) is 5.02 Å². The van der Waals surface area contributed by atoms with Crippen LogP contribution >= 0.6 is 11.6 Å². The second kappa shape index (κ2) is 9.10. The number of rotatable bonds is 8. The number of halogens is 1. The monoisotopic (exact) mass is 438 g/mol. The minimum absolute atomic E-state index is 0.342. The molecule has 0 saturated carbocycles. The lowest BCUT2D eigenvalue weighted by molar-refractivity contribution is -0.220. The molecule has 1 saturated heterocycles. The summed E-state index contributed by atoms with van der Waals surface area (Å²) in [5.74, 6) is -0.277. The highest BCUT2D eigenvalue weighted by Gasteiger charge is 2.42. The number of aryl methyl sites for hydroxylation is 1. The third kappa shape index (κ3) is 4.74. The van der Waals surface area contributed by atoms with Crippen molar-refractivity contribution in [2.75, 3.05) is 19.8 Å². The lowest BCUT2D eigenvalue weighted by Crippen LogP contribution is -2.49. The highest BCUT2D eigenvalue weighted by atomic mass is 35.5. The first-order chi connectivity index (χ1) is 15.0. The van der Waals surface area contributed by atoms with E-state index < -0.39 is 11.6 Å². The predicted octanol–water partition coefficient (Wildman–Crippen LogP) is 5.22. The van der Waals surface area contributed by atoms with Crippen LogP contribution < -0.4 is 4.74 Å². The first kappa shape index (κ1) is 21.4. The summed E-state index contributed by atoms with van der Waals surface area (Å²) in [6, 6.07) is 21.5. The van der Waals surface area contributed by atoms with E-state index in [0.29, 0.717) is 24.8 Å². The molecule has 31 heavy (non-hydrogen) atoms. The Balaban J connectivity index is 1.46. The molecule has 1 aliphatic rings. The van der Waals surface area contributed by atoms with Gasteiger partial charge in [0, 0.05) is 10.6 Å². The van der Waals surface area contributed by atoms with Crippen molar-refractivity contribution in [3.63, 3.8) is 0 Å². The molecular weight excluding hydrogens is 416 g/mol. The molecule has 0 radical (unpaired) electrons. The average Bonchev–Trinajstić information content (AvgIpc) is 2.73. The zero-order valence-electron chi connectivity index (χ0n) is 17.1. The van der Waals surface area contributed by atoms with Crippen LogP contribution in [-0.4, -0.2) is 30.9 Å². The molecule has 1 N–H and O–H groups in total. The number of benzene rings is 3. The number of carbonyl (C=O) groups is 1. The van der Waals surface area contributed by atoms with E-state index in [9.17, 15) is 4.79 Å². The highest BCUT2D eigenvalue weighted by molar-refractivity contribution is 6.33. The Kier molecular flexibility index (Phi) is 6.28. The fourth-order valence-corrected chi connectivity index (χ4v) is 3.77. The molecule has 1 fully saturated rings. The van der Waals surface area contributed by atoms with Crippen LogP contribution in [0, 0.1) is 6.92 Å². The maximum atomic E-state index is 10.9. The summed E-state index contributed by atoms with van der Waals surface area (Å²) in [5, 5.41) is 9.62. The SMILES string of the molecule is Cc1ccc(-c2ccccc2Cl)cc1COc1ccc(C2(OCC(=O)O)COC2)cc1. The summed E-state index contributed by atoms with van der Waals surface area (Å²) in [5.41, 5.74) is 4.44. The normalized spacial score (nSPS) is 14.6. The lowest BCUT2D eigenvalue weighted by atomic mass is 9.91. The quantitative estimate of drug-likeness (QED) is 0.522. The van der Waals surface area contributed by atoms with Crippen molar-refractivity contribution >= 4 is 17.6 Å². The van der Waals surface area contributed by atoms with Crippen molar-refractivity contribution in [2.24, 2.45) is 0 Å². The van der Waals surface area contributed by atoms with Crippen molar-refractivity contribution < 1.29 is 24.1 Å². The Bertz CT molecular complexity index is 1070. The van der Waals surface area contributed by atoms with E-state index in [1.807, 2.05) is 48.5 Å². The van der Waals surface area contributed by atoms with Crippen LogP contribution in [0.1, 0.15) is 16.7 Å². The van der Waals surface area contributed by atoms with E-state index in [4.69, 9.17) is 30.9 Å². The summed E-state index contributed by atoms with van der Waals surface area (Å²) in [6.07, 6.45) is 0. The van der Waals surface area contributed by atoms with Crippen LogP contribution in [0.4, 0.5) is 0 Å². The molecule has 3 aromatic carbocycles. The van der Waals surface area contributed by atoms with Gasteiger partial charge in [0.1, 0.15) is 24.6 Å². The molecule has 3 aromatic rings. The Morgan fingerprint density at radius 2 is 1.84 bits per heavy atom. The highest BCUT2D eigenvalue weighted by Crippen LogP contribution is 2.35. The van der Waals surface area contributed by atoms with Gasteiger partial charge in [-0.05, 0) is 53.4 Å². The first-order valence-electron chi connectivity index (χ1n) is 9.98. The number of hydrogen-bond donors (Lipinski definition) is 1.